The highest BCUT2D eigenvalue weighted by Gasteiger charge is 2.27. The minimum absolute atomic E-state index is 0.0832. The number of hydrogen-bond acceptors (Lipinski definition) is 2. The van der Waals surface area contributed by atoms with E-state index < -0.39 is 0 Å². The number of rotatable bonds is 3. The highest BCUT2D eigenvalue weighted by molar-refractivity contribution is 9.10. The Labute approximate surface area is 121 Å². The maximum atomic E-state index is 13.4. The number of amides is 1. The topological polar surface area (TPSA) is 32.3 Å². The monoisotopic (exact) mass is 328 g/mol. The predicted molar refractivity (Wildman–Crippen MR) is 76.7 cm³/mol. The molecular weight excluding hydrogens is 311 g/mol. The van der Waals surface area contributed by atoms with Gasteiger partial charge in [0.1, 0.15) is 5.82 Å². The summed E-state index contributed by atoms with van der Waals surface area (Å²) in [6, 6.07) is 4.54. The molecule has 0 saturated carbocycles. The maximum Gasteiger partial charge on any atom is 0.254 e. The van der Waals surface area contributed by atoms with Crippen molar-refractivity contribution in [3.8, 4) is 0 Å². The minimum atomic E-state index is -0.389. The van der Waals surface area contributed by atoms with Gasteiger partial charge in [0.15, 0.2) is 0 Å². The number of carbonyl (C=O) groups is 1. The summed E-state index contributed by atoms with van der Waals surface area (Å²) in [5.74, 6) is -0.472. The molecule has 0 bridgehead atoms. The molecule has 104 valence electrons. The van der Waals surface area contributed by atoms with Crippen LogP contribution in [0.2, 0.25) is 0 Å². The van der Waals surface area contributed by atoms with Gasteiger partial charge in [0.05, 0.1) is 0 Å². The van der Waals surface area contributed by atoms with Crippen molar-refractivity contribution < 1.29 is 9.18 Å². The van der Waals surface area contributed by atoms with Gasteiger partial charge in [0.2, 0.25) is 0 Å². The Bertz CT molecular complexity index is 445. The summed E-state index contributed by atoms with van der Waals surface area (Å²) in [5.41, 5.74) is 0.412. The molecule has 1 aromatic rings. The molecule has 1 heterocycles. The minimum Gasteiger partial charge on any atom is -0.334 e. The summed E-state index contributed by atoms with van der Waals surface area (Å²) in [6.07, 6.45) is 3.16. The van der Waals surface area contributed by atoms with E-state index in [0.29, 0.717) is 10.0 Å². The van der Waals surface area contributed by atoms with Gasteiger partial charge in [0.25, 0.3) is 5.91 Å². The van der Waals surface area contributed by atoms with Crippen molar-refractivity contribution >= 4 is 21.8 Å². The SMILES string of the molecule is CNCC1CCCCN1C(=O)c1cc(F)cc(Br)c1. The lowest BCUT2D eigenvalue weighted by atomic mass is 10.0. The molecule has 2 rings (SSSR count). The summed E-state index contributed by atoms with van der Waals surface area (Å²) >= 11 is 3.23. The summed E-state index contributed by atoms with van der Waals surface area (Å²) < 4.78 is 14.0. The van der Waals surface area contributed by atoms with Crippen molar-refractivity contribution in [1.82, 2.24) is 10.2 Å². The molecule has 1 aliphatic rings. The molecule has 1 N–H and O–H groups in total. The van der Waals surface area contributed by atoms with Crippen molar-refractivity contribution in [2.24, 2.45) is 0 Å². The Morgan fingerprint density at radius 3 is 2.95 bits per heavy atom. The lowest BCUT2D eigenvalue weighted by Crippen LogP contribution is -2.48. The smallest absolute Gasteiger partial charge is 0.254 e. The fourth-order valence-corrected chi connectivity index (χ4v) is 3.02. The quantitative estimate of drug-likeness (QED) is 0.925. The van der Waals surface area contributed by atoms with E-state index in [1.54, 1.807) is 6.07 Å². The van der Waals surface area contributed by atoms with Crippen LogP contribution in [-0.4, -0.2) is 37.0 Å². The second-order valence-electron chi connectivity index (χ2n) is 4.86. The Kier molecular flexibility index (Phi) is 4.93. The predicted octanol–water partition coefficient (Wildman–Crippen LogP) is 2.80. The number of nitrogens with zero attached hydrogens (tertiary/aromatic N) is 1. The molecular formula is C14H18BrFN2O. The summed E-state index contributed by atoms with van der Waals surface area (Å²) in [5, 5.41) is 3.12. The van der Waals surface area contributed by atoms with Crippen LogP contribution in [0.1, 0.15) is 29.6 Å². The molecule has 0 aliphatic carbocycles. The van der Waals surface area contributed by atoms with Crippen molar-refractivity contribution in [2.75, 3.05) is 20.1 Å². The number of benzene rings is 1. The number of hydrogen-bond donors (Lipinski definition) is 1. The molecule has 1 aromatic carbocycles. The molecule has 1 saturated heterocycles. The van der Waals surface area contributed by atoms with E-state index in [9.17, 15) is 9.18 Å². The Morgan fingerprint density at radius 2 is 2.26 bits per heavy atom. The second kappa shape index (κ2) is 6.48. The van der Waals surface area contributed by atoms with E-state index in [1.807, 2.05) is 11.9 Å². The number of halogens is 2. The molecule has 1 atom stereocenters. The molecule has 3 nitrogen and oxygen atoms in total. The zero-order valence-electron chi connectivity index (χ0n) is 11.0. The molecule has 1 fully saturated rings. The third-order valence-corrected chi connectivity index (χ3v) is 3.90. The van der Waals surface area contributed by atoms with Gasteiger partial charge in [-0.2, -0.15) is 0 Å². The third-order valence-electron chi connectivity index (χ3n) is 3.44. The van der Waals surface area contributed by atoms with Crippen LogP contribution in [0, 0.1) is 5.82 Å². The summed E-state index contributed by atoms with van der Waals surface area (Å²) in [7, 11) is 1.88. The van der Waals surface area contributed by atoms with Crippen LogP contribution in [-0.2, 0) is 0 Å². The van der Waals surface area contributed by atoms with Crippen molar-refractivity contribution in [2.45, 2.75) is 25.3 Å². The molecule has 19 heavy (non-hydrogen) atoms. The second-order valence-corrected chi connectivity index (χ2v) is 5.78. The number of likely N-dealkylation sites (tertiary alicyclic amines) is 1. The van der Waals surface area contributed by atoms with Gasteiger partial charge in [-0.15, -0.1) is 0 Å². The van der Waals surface area contributed by atoms with Gasteiger partial charge in [-0.05, 0) is 44.5 Å². The van der Waals surface area contributed by atoms with E-state index in [-0.39, 0.29) is 17.8 Å². The first kappa shape index (κ1) is 14.5. The van der Waals surface area contributed by atoms with Gasteiger partial charge in [-0.3, -0.25) is 4.79 Å². The highest BCUT2D eigenvalue weighted by atomic mass is 79.9. The average molecular weight is 329 g/mol. The number of nitrogens with one attached hydrogen (secondary N) is 1. The summed E-state index contributed by atoms with van der Waals surface area (Å²) in [6.45, 7) is 1.53. The van der Waals surface area contributed by atoms with E-state index in [1.165, 1.54) is 12.1 Å². The van der Waals surface area contributed by atoms with Gasteiger partial charge in [-0.25, -0.2) is 4.39 Å². The zero-order chi connectivity index (χ0) is 13.8. The first-order valence-electron chi connectivity index (χ1n) is 6.53. The van der Waals surface area contributed by atoms with Crippen molar-refractivity contribution in [3.63, 3.8) is 0 Å². The van der Waals surface area contributed by atoms with Crippen LogP contribution in [0.15, 0.2) is 22.7 Å². The lowest BCUT2D eigenvalue weighted by molar-refractivity contribution is 0.0614. The first-order chi connectivity index (χ1) is 9.11. The van der Waals surface area contributed by atoms with Gasteiger partial charge < -0.3 is 10.2 Å². The largest absolute Gasteiger partial charge is 0.334 e. The Hall–Kier alpha value is -0.940. The fourth-order valence-electron chi connectivity index (χ4n) is 2.56. The molecule has 1 amide bonds. The van der Waals surface area contributed by atoms with Crippen molar-refractivity contribution in [1.29, 1.82) is 0 Å². The van der Waals surface area contributed by atoms with Crippen LogP contribution in [0.5, 0.6) is 0 Å². The normalized spacial score (nSPS) is 19.5. The molecule has 0 radical (unpaired) electrons. The number of carbonyl (C=O) groups excluding carboxylic acids is 1. The molecule has 0 aromatic heterocycles. The Morgan fingerprint density at radius 1 is 1.47 bits per heavy atom. The van der Waals surface area contributed by atoms with E-state index in [0.717, 1.165) is 32.4 Å². The van der Waals surface area contributed by atoms with Crippen LogP contribution in [0.25, 0.3) is 0 Å². The third kappa shape index (κ3) is 3.54. The van der Waals surface area contributed by atoms with Gasteiger partial charge >= 0.3 is 0 Å². The van der Waals surface area contributed by atoms with E-state index in [2.05, 4.69) is 21.2 Å². The standard InChI is InChI=1S/C14H18BrFN2O/c1-17-9-13-4-2-3-5-18(13)14(19)10-6-11(15)8-12(16)7-10/h6-8,13,17H,2-5,9H2,1H3. The van der Waals surface area contributed by atoms with Crippen LogP contribution < -0.4 is 5.32 Å². The zero-order valence-corrected chi connectivity index (χ0v) is 12.5. The first-order valence-corrected chi connectivity index (χ1v) is 7.33. The molecule has 1 unspecified atom stereocenters. The molecule has 5 heteroatoms. The van der Waals surface area contributed by atoms with Crippen LogP contribution in [0.3, 0.4) is 0 Å². The maximum absolute atomic E-state index is 13.4. The average Bonchev–Trinajstić information content (AvgIpc) is 2.38. The van der Waals surface area contributed by atoms with Crippen LogP contribution in [0.4, 0.5) is 4.39 Å². The fraction of sp³-hybridized carbons (Fsp3) is 0.500. The lowest BCUT2D eigenvalue weighted by Gasteiger charge is -2.35. The van der Waals surface area contributed by atoms with Crippen LogP contribution >= 0.6 is 15.9 Å². The number of likely N-dealkylation sites (N-methyl/N-ethyl adjacent to an activating group) is 1. The van der Waals surface area contributed by atoms with E-state index >= 15 is 0 Å². The molecule has 0 spiro atoms. The van der Waals surface area contributed by atoms with Gasteiger partial charge in [0, 0.05) is 29.2 Å². The number of piperidine rings is 1. The Balaban J connectivity index is 2.20. The molecule has 1 aliphatic heterocycles. The van der Waals surface area contributed by atoms with Gasteiger partial charge in [-0.1, -0.05) is 15.9 Å². The van der Waals surface area contributed by atoms with E-state index in [4.69, 9.17) is 0 Å². The summed E-state index contributed by atoms with van der Waals surface area (Å²) in [4.78, 5) is 14.4. The van der Waals surface area contributed by atoms with Crippen molar-refractivity contribution in [3.05, 3.63) is 34.1 Å². The highest BCUT2D eigenvalue weighted by Crippen LogP contribution is 2.22.